The number of hydrogen-bond acceptors (Lipinski definition) is 4. The molecule has 5 heteroatoms. The molecule has 0 bridgehead atoms. The third kappa shape index (κ3) is 1.86. The molecule has 0 aliphatic carbocycles. The molecule has 1 heterocycles. The molecule has 0 saturated carbocycles. The topological polar surface area (TPSA) is 82.3 Å². The Kier molecular flexibility index (Phi) is 1.97. The number of amidine groups is 1. The van der Waals surface area contributed by atoms with Crippen LogP contribution in [0.4, 0.5) is 0 Å². The van der Waals surface area contributed by atoms with Gasteiger partial charge in [-0.1, -0.05) is 0 Å². The van der Waals surface area contributed by atoms with Crippen molar-refractivity contribution in [1.82, 2.24) is 5.32 Å². The second-order valence-corrected chi connectivity index (χ2v) is 2.10. The van der Waals surface area contributed by atoms with Crippen LogP contribution < -0.4 is 5.32 Å². The smallest absolute Gasteiger partial charge is 0.232 e. The van der Waals surface area contributed by atoms with Gasteiger partial charge in [0, 0.05) is 0 Å². The molecule has 1 aliphatic rings. The van der Waals surface area contributed by atoms with Crippen molar-refractivity contribution in [2.24, 2.45) is 4.99 Å². The third-order valence-electron chi connectivity index (χ3n) is 1.19. The first-order valence-electron chi connectivity index (χ1n) is 2.99. The highest BCUT2D eigenvalue weighted by atomic mass is 16.2. The summed E-state index contributed by atoms with van der Waals surface area (Å²) in [5, 5.41) is 10.4. The largest absolute Gasteiger partial charge is 0.313 e. The van der Waals surface area contributed by atoms with Crippen molar-refractivity contribution in [2.75, 3.05) is 0 Å². The number of nitriles is 1. The monoisotopic (exact) mass is 151 g/mol. The van der Waals surface area contributed by atoms with Crippen molar-refractivity contribution in [1.29, 1.82) is 5.26 Å². The highest BCUT2D eigenvalue weighted by Crippen LogP contribution is 1.98. The minimum absolute atomic E-state index is 0.0549. The van der Waals surface area contributed by atoms with Gasteiger partial charge in [0.2, 0.25) is 12.1 Å². The molecule has 1 amide bonds. The Hall–Kier alpha value is -1.70. The standard InChI is InChI=1S/C6H5N3O2/c7-3-8-5-1-4(10)2-6(11)9-5/h1-2H2,(H,8,9,11). The molecule has 0 aromatic carbocycles. The van der Waals surface area contributed by atoms with Crippen LogP contribution in [0.25, 0.3) is 0 Å². The van der Waals surface area contributed by atoms with Crippen molar-refractivity contribution < 1.29 is 9.59 Å². The van der Waals surface area contributed by atoms with E-state index in [-0.39, 0.29) is 24.5 Å². The summed E-state index contributed by atoms with van der Waals surface area (Å²) in [5.41, 5.74) is 0. The Morgan fingerprint density at radius 1 is 1.45 bits per heavy atom. The van der Waals surface area contributed by atoms with Gasteiger partial charge in [-0.15, -0.1) is 0 Å². The van der Waals surface area contributed by atoms with Crippen molar-refractivity contribution in [3.63, 3.8) is 0 Å². The summed E-state index contributed by atoms with van der Waals surface area (Å²) in [6.07, 6.45) is 1.45. The molecule has 0 aromatic heterocycles. The average molecular weight is 151 g/mol. The van der Waals surface area contributed by atoms with E-state index in [0.717, 1.165) is 0 Å². The minimum Gasteiger partial charge on any atom is -0.313 e. The molecule has 1 N–H and O–H groups in total. The number of carbonyl (C=O) groups excluding carboxylic acids is 2. The van der Waals surface area contributed by atoms with Crippen molar-refractivity contribution in [2.45, 2.75) is 12.8 Å². The number of ketones is 1. The molecule has 0 unspecified atom stereocenters. The van der Waals surface area contributed by atoms with Crippen LogP contribution in [0.3, 0.4) is 0 Å². The van der Waals surface area contributed by atoms with E-state index >= 15 is 0 Å². The van der Waals surface area contributed by atoms with Crippen LogP contribution in [0.15, 0.2) is 4.99 Å². The predicted molar refractivity (Wildman–Crippen MR) is 35.4 cm³/mol. The van der Waals surface area contributed by atoms with Gasteiger partial charge in [-0.3, -0.25) is 9.59 Å². The molecule has 0 radical (unpaired) electrons. The molecule has 0 atom stereocenters. The van der Waals surface area contributed by atoms with Gasteiger partial charge in [-0.2, -0.15) is 10.3 Å². The van der Waals surface area contributed by atoms with Crippen LogP contribution in [0.5, 0.6) is 0 Å². The van der Waals surface area contributed by atoms with Gasteiger partial charge in [-0.05, 0) is 0 Å². The van der Waals surface area contributed by atoms with Crippen LogP contribution in [0.1, 0.15) is 12.8 Å². The first-order chi connectivity index (χ1) is 5.22. The van der Waals surface area contributed by atoms with Gasteiger partial charge in [0.25, 0.3) is 0 Å². The van der Waals surface area contributed by atoms with E-state index in [0.29, 0.717) is 0 Å². The predicted octanol–water partition coefficient (Wildman–Crippen LogP) is -0.655. The fraction of sp³-hybridized carbons (Fsp3) is 0.333. The molecule has 1 rings (SSSR count). The van der Waals surface area contributed by atoms with E-state index in [4.69, 9.17) is 5.26 Å². The number of rotatable bonds is 0. The summed E-state index contributed by atoms with van der Waals surface area (Å²) in [7, 11) is 0. The van der Waals surface area contributed by atoms with Crippen molar-refractivity contribution in [3.05, 3.63) is 0 Å². The van der Waals surface area contributed by atoms with Gasteiger partial charge >= 0.3 is 0 Å². The van der Waals surface area contributed by atoms with Crippen LogP contribution in [0, 0.1) is 11.5 Å². The first-order valence-corrected chi connectivity index (χ1v) is 2.99. The number of aliphatic imine (C=N–C) groups is 1. The lowest BCUT2D eigenvalue weighted by atomic mass is 10.1. The van der Waals surface area contributed by atoms with Crippen LogP contribution in [-0.2, 0) is 9.59 Å². The van der Waals surface area contributed by atoms with E-state index < -0.39 is 5.91 Å². The van der Waals surface area contributed by atoms with Crippen molar-refractivity contribution in [3.8, 4) is 6.19 Å². The molecule has 0 spiro atoms. The molecular weight excluding hydrogens is 146 g/mol. The number of nitrogens with one attached hydrogen (secondary N) is 1. The quantitative estimate of drug-likeness (QED) is 0.368. The Bertz CT molecular complexity index is 256. The molecule has 1 fully saturated rings. The zero-order valence-corrected chi connectivity index (χ0v) is 5.63. The number of amides is 1. The van der Waals surface area contributed by atoms with Crippen LogP contribution >= 0.6 is 0 Å². The van der Waals surface area contributed by atoms with Gasteiger partial charge < -0.3 is 5.32 Å². The Morgan fingerprint density at radius 3 is 2.73 bits per heavy atom. The number of nitrogens with zero attached hydrogens (tertiary/aromatic N) is 2. The van der Waals surface area contributed by atoms with Gasteiger partial charge in [0.1, 0.15) is 11.6 Å². The Balaban J connectivity index is 2.73. The van der Waals surface area contributed by atoms with Crippen LogP contribution in [0.2, 0.25) is 0 Å². The van der Waals surface area contributed by atoms with E-state index in [2.05, 4.69) is 10.3 Å². The second kappa shape index (κ2) is 2.92. The Labute approximate surface area is 62.7 Å². The third-order valence-corrected chi connectivity index (χ3v) is 1.19. The number of piperidine rings is 1. The van der Waals surface area contributed by atoms with E-state index in [9.17, 15) is 9.59 Å². The molecule has 1 aliphatic heterocycles. The molecular formula is C6H5N3O2. The fourth-order valence-electron chi connectivity index (χ4n) is 0.805. The maximum atomic E-state index is 10.7. The summed E-state index contributed by atoms with van der Waals surface area (Å²) in [4.78, 5) is 24.6. The highest BCUT2D eigenvalue weighted by molar-refractivity contribution is 6.18. The zero-order chi connectivity index (χ0) is 8.27. The van der Waals surface area contributed by atoms with Gasteiger partial charge in [-0.25, -0.2) is 0 Å². The van der Waals surface area contributed by atoms with Crippen LogP contribution in [-0.4, -0.2) is 17.5 Å². The highest BCUT2D eigenvalue weighted by Gasteiger charge is 2.20. The second-order valence-electron chi connectivity index (χ2n) is 2.10. The van der Waals surface area contributed by atoms with Gasteiger partial charge in [0.05, 0.1) is 12.8 Å². The molecule has 0 aromatic rings. The lowest BCUT2D eigenvalue weighted by Gasteiger charge is -2.10. The van der Waals surface area contributed by atoms with E-state index in [1.807, 2.05) is 0 Å². The summed E-state index contributed by atoms with van der Waals surface area (Å²) in [6.45, 7) is 0. The molecule has 11 heavy (non-hydrogen) atoms. The lowest BCUT2D eigenvalue weighted by Crippen LogP contribution is -2.38. The summed E-state index contributed by atoms with van der Waals surface area (Å²) in [5.74, 6) is -0.452. The zero-order valence-electron chi connectivity index (χ0n) is 5.63. The fourth-order valence-corrected chi connectivity index (χ4v) is 0.805. The number of hydrogen-bond donors (Lipinski definition) is 1. The summed E-state index contributed by atoms with van der Waals surface area (Å²) >= 11 is 0. The summed E-state index contributed by atoms with van der Waals surface area (Å²) < 4.78 is 0. The number of carbonyl (C=O) groups is 2. The van der Waals surface area contributed by atoms with Gasteiger partial charge in [0.15, 0.2) is 0 Å². The van der Waals surface area contributed by atoms with E-state index in [1.54, 1.807) is 0 Å². The normalized spacial score (nSPS) is 21.2. The molecule has 5 nitrogen and oxygen atoms in total. The summed E-state index contributed by atoms with van der Waals surface area (Å²) in [6, 6.07) is 0. The minimum atomic E-state index is -0.393. The Morgan fingerprint density at radius 2 is 2.18 bits per heavy atom. The lowest BCUT2D eigenvalue weighted by molar-refractivity contribution is -0.127. The first kappa shape index (κ1) is 7.41. The SMILES string of the molecule is N#CN=C1CC(=O)CC(=O)N1. The van der Waals surface area contributed by atoms with Crippen molar-refractivity contribution >= 4 is 17.5 Å². The molecule has 1 saturated heterocycles. The maximum Gasteiger partial charge on any atom is 0.232 e. The molecule has 56 valence electrons. The number of Topliss-reactive ketones (excluding diaryl/α,β-unsaturated/α-hetero) is 1. The van der Waals surface area contributed by atoms with E-state index in [1.165, 1.54) is 6.19 Å². The average Bonchev–Trinajstić information content (AvgIpc) is 1.85. The maximum absolute atomic E-state index is 10.7.